The number of thiazole rings is 1. The average Bonchev–Trinajstić information content (AvgIpc) is 2.74. The van der Waals surface area contributed by atoms with Crippen molar-refractivity contribution in [3.8, 4) is 0 Å². The molecule has 0 saturated heterocycles. The van der Waals surface area contributed by atoms with Gasteiger partial charge in [0.05, 0.1) is 17.8 Å². The van der Waals surface area contributed by atoms with E-state index in [1.54, 1.807) is 17.6 Å². The summed E-state index contributed by atoms with van der Waals surface area (Å²) in [6, 6.07) is 3.68. The van der Waals surface area contributed by atoms with Crippen LogP contribution in [0.25, 0.3) is 0 Å². The lowest BCUT2D eigenvalue weighted by Crippen LogP contribution is -2.11. The zero-order valence-corrected chi connectivity index (χ0v) is 7.83. The number of nitrogens with zero attached hydrogens (tertiary/aromatic N) is 1. The predicted octanol–water partition coefficient (Wildman–Crippen LogP) is 1.98. The third-order valence-corrected chi connectivity index (χ3v) is 2.62. The van der Waals surface area contributed by atoms with Crippen LogP contribution in [-0.4, -0.2) is 4.98 Å². The van der Waals surface area contributed by atoms with Crippen molar-refractivity contribution in [2.45, 2.75) is 12.5 Å². The molecule has 2 aromatic rings. The summed E-state index contributed by atoms with van der Waals surface area (Å²) in [6.07, 6.45) is 4.27. The molecule has 2 N–H and O–H groups in total. The molecule has 1 unspecified atom stereocenters. The lowest BCUT2D eigenvalue weighted by atomic mass is 10.1. The average molecular weight is 194 g/mol. The van der Waals surface area contributed by atoms with Gasteiger partial charge in [-0.05, 0) is 12.1 Å². The van der Waals surface area contributed by atoms with Crippen LogP contribution in [0, 0.1) is 0 Å². The molecule has 2 aromatic heterocycles. The maximum atomic E-state index is 5.92. The smallest absolute Gasteiger partial charge is 0.120 e. The van der Waals surface area contributed by atoms with Gasteiger partial charge >= 0.3 is 0 Å². The van der Waals surface area contributed by atoms with Crippen LogP contribution in [0.15, 0.2) is 34.5 Å². The molecule has 1 atom stereocenters. The quantitative estimate of drug-likeness (QED) is 0.812. The van der Waals surface area contributed by atoms with E-state index < -0.39 is 0 Å². The molecule has 2 heterocycles. The van der Waals surface area contributed by atoms with Gasteiger partial charge in [-0.2, -0.15) is 0 Å². The lowest BCUT2D eigenvalue weighted by molar-refractivity contribution is 0.465. The Morgan fingerprint density at radius 2 is 2.54 bits per heavy atom. The second kappa shape index (κ2) is 3.72. The van der Waals surface area contributed by atoms with Crippen molar-refractivity contribution in [3.05, 3.63) is 40.7 Å². The SMILES string of the molecule is NC(Cc1cncs1)c1ccco1. The molecule has 0 bridgehead atoms. The van der Waals surface area contributed by atoms with Gasteiger partial charge in [0.15, 0.2) is 0 Å². The molecule has 2 rings (SSSR count). The van der Waals surface area contributed by atoms with E-state index in [2.05, 4.69) is 4.98 Å². The van der Waals surface area contributed by atoms with Crippen LogP contribution in [-0.2, 0) is 6.42 Å². The van der Waals surface area contributed by atoms with Crippen molar-refractivity contribution < 1.29 is 4.42 Å². The molecule has 13 heavy (non-hydrogen) atoms. The summed E-state index contributed by atoms with van der Waals surface area (Å²) < 4.78 is 5.20. The van der Waals surface area contributed by atoms with Gasteiger partial charge in [-0.25, -0.2) is 0 Å². The molecule has 0 aliphatic heterocycles. The van der Waals surface area contributed by atoms with E-state index in [4.69, 9.17) is 10.2 Å². The normalized spacial score (nSPS) is 13.0. The molecule has 0 radical (unpaired) electrons. The zero-order chi connectivity index (χ0) is 9.10. The lowest BCUT2D eigenvalue weighted by Gasteiger charge is -2.05. The van der Waals surface area contributed by atoms with Crippen LogP contribution in [0.3, 0.4) is 0 Å². The van der Waals surface area contributed by atoms with Crippen LogP contribution < -0.4 is 5.73 Å². The Labute approximate surface area is 80.2 Å². The first-order chi connectivity index (χ1) is 6.36. The Balaban J connectivity index is 2.04. The van der Waals surface area contributed by atoms with Crippen LogP contribution in [0.4, 0.5) is 0 Å². The molecule has 0 aliphatic rings. The minimum atomic E-state index is -0.0598. The Kier molecular flexibility index (Phi) is 2.42. The minimum Gasteiger partial charge on any atom is -0.468 e. The molecule has 3 nitrogen and oxygen atoms in total. The van der Waals surface area contributed by atoms with E-state index >= 15 is 0 Å². The van der Waals surface area contributed by atoms with Gasteiger partial charge in [-0.3, -0.25) is 4.98 Å². The third-order valence-electron chi connectivity index (χ3n) is 1.81. The number of rotatable bonds is 3. The first-order valence-electron chi connectivity index (χ1n) is 4.02. The highest BCUT2D eigenvalue weighted by Crippen LogP contribution is 2.18. The maximum absolute atomic E-state index is 5.92. The van der Waals surface area contributed by atoms with Crippen LogP contribution in [0.5, 0.6) is 0 Å². The Morgan fingerprint density at radius 3 is 3.15 bits per heavy atom. The summed E-state index contributed by atoms with van der Waals surface area (Å²) in [7, 11) is 0. The molecule has 68 valence electrons. The number of furan rings is 1. The molecular weight excluding hydrogens is 184 g/mol. The van der Waals surface area contributed by atoms with Crippen LogP contribution in [0.1, 0.15) is 16.7 Å². The van der Waals surface area contributed by atoms with Gasteiger partial charge in [0.25, 0.3) is 0 Å². The summed E-state index contributed by atoms with van der Waals surface area (Å²) in [4.78, 5) is 5.17. The fourth-order valence-corrected chi connectivity index (χ4v) is 1.82. The number of hydrogen-bond acceptors (Lipinski definition) is 4. The molecule has 0 aliphatic carbocycles. The Morgan fingerprint density at radius 1 is 1.62 bits per heavy atom. The van der Waals surface area contributed by atoms with Crippen LogP contribution in [0.2, 0.25) is 0 Å². The van der Waals surface area contributed by atoms with E-state index in [9.17, 15) is 0 Å². The first-order valence-corrected chi connectivity index (χ1v) is 4.90. The minimum absolute atomic E-state index is 0.0598. The molecule has 0 fully saturated rings. The fraction of sp³-hybridized carbons (Fsp3) is 0.222. The van der Waals surface area contributed by atoms with Crippen LogP contribution >= 0.6 is 11.3 Å². The van der Waals surface area contributed by atoms with Gasteiger partial charge in [0.2, 0.25) is 0 Å². The zero-order valence-electron chi connectivity index (χ0n) is 7.01. The second-order valence-corrected chi connectivity index (χ2v) is 3.76. The van der Waals surface area contributed by atoms with Gasteiger partial charge in [0.1, 0.15) is 5.76 Å². The first kappa shape index (κ1) is 8.47. The molecular formula is C9H10N2OS. The van der Waals surface area contributed by atoms with Crippen molar-refractivity contribution in [2.24, 2.45) is 5.73 Å². The molecule has 0 saturated carbocycles. The summed E-state index contributed by atoms with van der Waals surface area (Å²) in [5.41, 5.74) is 7.73. The van der Waals surface area contributed by atoms with E-state index in [0.717, 1.165) is 12.2 Å². The summed E-state index contributed by atoms with van der Waals surface area (Å²) in [5, 5.41) is 0. The maximum Gasteiger partial charge on any atom is 0.120 e. The highest BCUT2D eigenvalue weighted by molar-refractivity contribution is 7.09. The fourth-order valence-electron chi connectivity index (χ4n) is 1.16. The van der Waals surface area contributed by atoms with E-state index in [0.29, 0.717) is 0 Å². The van der Waals surface area contributed by atoms with E-state index in [1.807, 2.05) is 23.8 Å². The van der Waals surface area contributed by atoms with Crippen molar-refractivity contribution in [2.75, 3.05) is 0 Å². The molecule has 4 heteroatoms. The summed E-state index contributed by atoms with van der Waals surface area (Å²) in [6.45, 7) is 0. The number of hydrogen-bond donors (Lipinski definition) is 1. The third kappa shape index (κ3) is 1.96. The number of nitrogens with two attached hydrogens (primary N) is 1. The Hall–Kier alpha value is -1.13. The van der Waals surface area contributed by atoms with Gasteiger partial charge < -0.3 is 10.2 Å². The highest BCUT2D eigenvalue weighted by Gasteiger charge is 2.09. The largest absolute Gasteiger partial charge is 0.468 e. The molecule has 0 amide bonds. The topological polar surface area (TPSA) is 52.0 Å². The summed E-state index contributed by atoms with van der Waals surface area (Å²) in [5.74, 6) is 0.827. The van der Waals surface area contributed by atoms with Gasteiger partial charge in [0, 0.05) is 17.5 Å². The monoisotopic (exact) mass is 194 g/mol. The van der Waals surface area contributed by atoms with E-state index in [-0.39, 0.29) is 6.04 Å². The van der Waals surface area contributed by atoms with Crippen molar-refractivity contribution in [1.29, 1.82) is 0 Å². The second-order valence-electron chi connectivity index (χ2n) is 2.79. The van der Waals surface area contributed by atoms with E-state index in [1.165, 1.54) is 4.88 Å². The standard InChI is InChI=1S/C9H10N2OS/c10-8(9-2-1-3-12-9)4-7-5-11-6-13-7/h1-3,5-6,8H,4,10H2. The number of aromatic nitrogens is 1. The van der Waals surface area contributed by atoms with Crippen molar-refractivity contribution >= 4 is 11.3 Å². The van der Waals surface area contributed by atoms with Gasteiger partial charge in [-0.1, -0.05) is 0 Å². The Bertz CT molecular complexity index is 342. The van der Waals surface area contributed by atoms with Crippen molar-refractivity contribution in [3.63, 3.8) is 0 Å². The highest BCUT2D eigenvalue weighted by atomic mass is 32.1. The molecule has 0 aromatic carbocycles. The summed E-state index contributed by atoms with van der Waals surface area (Å²) >= 11 is 1.62. The van der Waals surface area contributed by atoms with Gasteiger partial charge in [-0.15, -0.1) is 11.3 Å². The molecule has 0 spiro atoms. The predicted molar refractivity (Wildman–Crippen MR) is 51.5 cm³/mol. The van der Waals surface area contributed by atoms with Crippen molar-refractivity contribution in [1.82, 2.24) is 4.98 Å².